The third kappa shape index (κ3) is 3.35. The maximum Gasteiger partial charge on any atom is 0.252 e. The van der Waals surface area contributed by atoms with Gasteiger partial charge in [-0.1, -0.05) is 12.1 Å². The number of hydrogen-bond acceptors (Lipinski definition) is 4. The summed E-state index contributed by atoms with van der Waals surface area (Å²) < 4.78 is 14.8. The first-order chi connectivity index (χ1) is 13.1. The second-order valence-electron chi connectivity index (χ2n) is 6.05. The van der Waals surface area contributed by atoms with Crippen molar-refractivity contribution in [3.8, 4) is 5.69 Å². The lowest BCUT2D eigenvalue weighted by atomic mass is 10.1. The first-order valence-corrected chi connectivity index (χ1v) is 8.33. The Labute approximate surface area is 154 Å². The second-order valence-corrected chi connectivity index (χ2v) is 6.05. The van der Waals surface area contributed by atoms with Crippen molar-refractivity contribution in [2.75, 3.05) is 5.73 Å². The van der Waals surface area contributed by atoms with E-state index < -0.39 is 0 Å². The molecule has 0 unspecified atom stereocenters. The summed E-state index contributed by atoms with van der Waals surface area (Å²) in [5, 5.41) is 7.95. The Bertz CT molecular complexity index is 1100. The van der Waals surface area contributed by atoms with Gasteiger partial charge in [0.05, 0.1) is 23.0 Å². The molecule has 2 aromatic heterocycles. The van der Waals surface area contributed by atoms with Crippen LogP contribution in [-0.2, 0) is 6.54 Å². The molecule has 134 valence electrons. The molecule has 4 rings (SSSR count). The summed E-state index contributed by atoms with van der Waals surface area (Å²) in [5.41, 5.74) is 8.42. The molecule has 0 saturated heterocycles. The van der Waals surface area contributed by atoms with Gasteiger partial charge in [-0.25, -0.2) is 14.1 Å². The Morgan fingerprint density at radius 2 is 1.89 bits per heavy atom. The van der Waals surface area contributed by atoms with Crippen LogP contribution < -0.4 is 11.1 Å². The molecule has 4 aromatic rings. The van der Waals surface area contributed by atoms with Gasteiger partial charge in [0.25, 0.3) is 5.91 Å². The summed E-state index contributed by atoms with van der Waals surface area (Å²) >= 11 is 0. The molecule has 0 bridgehead atoms. The van der Waals surface area contributed by atoms with Crippen molar-refractivity contribution in [3.63, 3.8) is 0 Å². The molecular formula is C20H16FN5O. The maximum absolute atomic E-state index is 13.2. The fourth-order valence-corrected chi connectivity index (χ4v) is 2.86. The summed E-state index contributed by atoms with van der Waals surface area (Å²) in [6, 6.07) is 14.9. The number of nitrogens with two attached hydrogens (primary N) is 1. The van der Waals surface area contributed by atoms with E-state index in [-0.39, 0.29) is 11.7 Å². The van der Waals surface area contributed by atoms with Gasteiger partial charge in [-0.2, -0.15) is 5.10 Å². The summed E-state index contributed by atoms with van der Waals surface area (Å²) in [6.07, 6.45) is 3.27. The third-order valence-electron chi connectivity index (χ3n) is 4.23. The monoisotopic (exact) mass is 361 g/mol. The second kappa shape index (κ2) is 6.87. The molecule has 0 aliphatic carbocycles. The number of amides is 1. The quantitative estimate of drug-likeness (QED) is 0.585. The van der Waals surface area contributed by atoms with E-state index in [2.05, 4.69) is 15.4 Å². The Hall–Kier alpha value is -3.74. The van der Waals surface area contributed by atoms with E-state index in [1.807, 2.05) is 12.1 Å². The molecular weight excluding hydrogens is 345 g/mol. The minimum Gasteiger partial charge on any atom is -0.384 e. The van der Waals surface area contributed by atoms with E-state index in [1.54, 1.807) is 47.4 Å². The number of halogens is 1. The number of rotatable bonds is 4. The molecule has 2 aromatic carbocycles. The average molecular weight is 361 g/mol. The summed E-state index contributed by atoms with van der Waals surface area (Å²) in [4.78, 5) is 16.7. The van der Waals surface area contributed by atoms with Crippen LogP contribution in [0.2, 0.25) is 0 Å². The van der Waals surface area contributed by atoms with Crippen molar-refractivity contribution >= 4 is 22.6 Å². The molecule has 0 saturated carbocycles. The van der Waals surface area contributed by atoms with Gasteiger partial charge in [0.15, 0.2) is 0 Å². The van der Waals surface area contributed by atoms with Crippen LogP contribution in [0.1, 0.15) is 15.9 Å². The van der Waals surface area contributed by atoms with Gasteiger partial charge in [0.1, 0.15) is 11.6 Å². The molecule has 0 aliphatic rings. The van der Waals surface area contributed by atoms with Gasteiger partial charge in [-0.05, 0) is 48.0 Å². The number of nitrogen functional groups attached to an aromatic ring is 1. The van der Waals surface area contributed by atoms with E-state index in [9.17, 15) is 9.18 Å². The summed E-state index contributed by atoms with van der Waals surface area (Å²) in [5.74, 6) is -0.0911. The van der Waals surface area contributed by atoms with Crippen LogP contribution in [0.15, 0.2) is 67.0 Å². The van der Waals surface area contributed by atoms with Crippen molar-refractivity contribution in [2.24, 2.45) is 0 Å². The lowest BCUT2D eigenvalue weighted by molar-refractivity contribution is 0.0952. The number of anilines is 1. The van der Waals surface area contributed by atoms with E-state index in [4.69, 9.17) is 5.73 Å². The molecule has 3 N–H and O–H groups in total. The molecule has 0 aliphatic heterocycles. The first-order valence-electron chi connectivity index (χ1n) is 8.33. The number of aromatic nitrogens is 3. The van der Waals surface area contributed by atoms with Crippen LogP contribution in [0.4, 0.5) is 10.2 Å². The van der Waals surface area contributed by atoms with E-state index >= 15 is 0 Å². The minimum absolute atomic E-state index is 0.212. The maximum atomic E-state index is 13.2. The number of carbonyl (C=O) groups is 1. The minimum atomic E-state index is -0.313. The topological polar surface area (TPSA) is 85.8 Å². The van der Waals surface area contributed by atoms with E-state index in [0.717, 1.165) is 22.2 Å². The van der Waals surface area contributed by atoms with Crippen LogP contribution in [0, 0.1) is 5.82 Å². The van der Waals surface area contributed by atoms with Crippen LogP contribution >= 0.6 is 0 Å². The molecule has 27 heavy (non-hydrogen) atoms. The van der Waals surface area contributed by atoms with Crippen LogP contribution in [-0.4, -0.2) is 20.7 Å². The van der Waals surface area contributed by atoms with Gasteiger partial charge >= 0.3 is 0 Å². The summed E-state index contributed by atoms with van der Waals surface area (Å²) in [6.45, 7) is 0.342. The third-order valence-corrected chi connectivity index (χ3v) is 4.23. The number of fused-ring (bicyclic) bond motifs is 1. The first kappa shape index (κ1) is 16.7. The number of nitrogens with zero attached hydrogens (tertiary/aromatic N) is 3. The van der Waals surface area contributed by atoms with E-state index in [1.165, 1.54) is 12.1 Å². The molecule has 0 radical (unpaired) electrons. The molecule has 7 heteroatoms. The van der Waals surface area contributed by atoms with Crippen molar-refractivity contribution in [1.29, 1.82) is 0 Å². The zero-order valence-electron chi connectivity index (χ0n) is 14.3. The van der Waals surface area contributed by atoms with Crippen molar-refractivity contribution in [2.45, 2.75) is 6.54 Å². The van der Waals surface area contributed by atoms with Crippen LogP contribution in [0.3, 0.4) is 0 Å². The standard InChI is InChI=1S/C20H16FN5O/c21-14-5-7-15(8-6-14)26-18-3-1-2-16(17(18)12-25-26)20(27)24-11-13-4-9-19(22)23-10-13/h1-10,12H,11H2,(H2,22,23)(H,24,27). The van der Waals surface area contributed by atoms with Crippen molar-refractivity contribution < 1.29 is 9.18 Å². The van der Waals surface area contributed by atoms with Gasteiger partial charge in [-0.15, -0.1) is 0 Å². The highest BCUT2D eigenvalue weighted by atomic mass is 19.1. The Balaban J connectivity index is 1.61. The molecule has 6 nitrogen and oxygen atoms in total. The number of benzene rings is 2. The lowest BCUT2D eigenvalue weighted by Crippen LogP contribution is -2.23. The van der Waals surface area contributed by atoms with Crippen molar-refractivity contribution in [3.05, 3.63) is 83.9 Å². The van der Waals surface area contributed by atoms with Gasteiger partial charge < -0.3 is 11.1 Å². The van der Waals surface area contributed by atoms with E-state index in [0.29, 0.717) is 17.9 Å². The average Bonchev–Trinajstić information content (AvgIpc) is 3.12. The Kier molecular flexibility index (Phi) is 4.25. The Morgan fingerprint density at radius 3 is 2.63 bits per heavy atom. The SMILES string of the molecule is Nc1ccc(CNC(=O)c2cccc3c2cnn3-c2ccc(F)cc2)cn1. The highest BCUT2D eigenvalue weighted by Crippen LogP contribution is 2.22. The molecule has 1 amide bonds. The normalized spacial score (nSPS) is 10.9. The molecule has 0 fully saturated rings. The highest BCUT2D eigenvalue weighted by Gasteiger charge is 2.14. The number of pyridine rings is 1. The highest BCUT2D eigenvalue weighted by molar-refractivity contribution is 6.06. The Morgan fingerprint density at radius 1 is 1.07 bits per heavy atom. The van der Waals surface area contributed by atoms with Crippen LogP contribution in [0.25, 0.3) is 16.6 Å². The fourth-order valence-electron chi connectivity index (χ4n) is 2.86. The zero-order chi connectivity index (χ0) is 18.8. The van der Waals surface area contributed by atoms with Gasteiger partial charge in [-0.3, -0.25) is 4.79 Å². The summed E-state index contributed by atoms with van der Waals surface area (Å²) in [7, 11) is 0. The number of nitrogens with one attached hydrogen (secondary N) is 1. The molecule has 2 heterocycles. The van der Waals surface area contributed by atoms with Gasteiger partial charge in [0.2, 0.25) is 0 Å². The molecule has 0 spiro atoms. The van der Waals surface area contributed by atoms with Crippen molar-refractivity contribution in [1.82, 2.24) is 20.1 Å². The predicted octanol–water partition coefficient (Wildman–Crippen LogP) is 3.07. The largest absolute Gasteiger partial charge is 0.384 e. The zero-order valence-corrected chi connectivity index (χ0v) is 14.3. The van der Waals surface area contributed by atoms with Crippen LogP contribution in [0.5, 0.6) is 0 Å². The predicted molar refractivity (Wildman–Crippen MR) is 101 cm³/mol. The number of hydrogen-bond donors (Lipinski definition) is 2. The fraction of sp³-hybridized carbons (Fsp3) is 0.0500. The smallest absolute Gasteiger partial charge is 0.252 e. The molecule has 0 atom stereocenters. The number of carbonyl (C=O) groups excluding carboxylic acids is 1. The lowest BCUT2D eigenvalue weighted by Gasteiger charge is -2.07. The van der Waals surface area contributed by atoms with Gasteiger partial charge in [0, 0.05) is 18.1 Å².